The molecule has 1 aliphatic carbocycles. The van der Waals surface area contributed by atoms with E-state index in [0.717, 1.165) is 31.5 Å². The van der Waals surface area contributed by atoms with Crippen LogP contribution < -0.4 is 0 Å². The maximum atomic E-state index is 13.1. The fraction of sp³-hybridized carbons (Fsp3) is 0.276. The van der Waals surface area contributed by atoms with Crippen LogP contribution in [-0.4, -0.2) is 23.0 Å². The molecule has 0 saturated carbocycles. The van der Waals surface area contributed by atoms with Crippen LogP contribution in [0.15, 0.2) is 96.6 Å². The number of hydrogen-bond donors (Lipinski definition) is 0. The first-order chi connectivity index (χ1) is 15.9. The molecule has 0 bridgehead atoms. The first-order valence-corrected chi connectivity index (χ1v) is 11.5. The summed E-state index contributed by atoms with van der Waals surface area (Å²) in [5.41, 5.74) is 3.18. The first-order valence-electron chi connectivity index (χ1n) is 11.5. The number of allylic oxidation sites excluding steroid dienone is 4. The van der Waals surface area contributed by atoms with Gasteiger partial charge in [-0.3, -0.25) is 0 Å². The van der Waals surface area contributed by atoms with E-state index in [9.17, 15) is 13.2 Å². The summed E-state index contributed by atoms with van der Waals surface area (Å²) in [4.78, 5) is 0. The Hall–Kier alpha value is -3.14. The molecule has 170 valence electrons. The number of nitrogens with zero attached hydrogens (tertiary/aromatic N) is 1. The third-order valence-corrected chi connectivity index (χ3v) is 6.44. The molecule has 0 amide bonds. The zero-order chi connectivity index (χ0) is 23.3. The highest BCUT2D eigenvalue weighted by Crippen LogP contribution is 2.34. The van der Waals surface area contributed by atoms with Gasteiger partial charge in [-0.25, -0.2) is 4.58 Å². The molecule has 0 aliphatic heterocycles. The lowest BCUT2D eigenvalue weighted by molar-refractivity contribution is -0.544. The lowest BCUT2D eigenvalue weighted by Crippen LogP contribution is -2.22. The molecule has 0 radical (unpaired) electrons. The van der Waals surface area contributed by atoms with E-state index in [1.807, 2.05) is 30.3 Å². The monoisotopic (exact) mass is 448 g/mol. The van der Waals surface area contributed by atoms with E-state index in [2.05, 4.69) is 60.0 Å². The summed E-state index contributed by atoms with van der Waals surface area (Å²) in [6.07, 6.45) is 2.08. The minimum atomic E-state index is -4.24. The largest absolute Gasteiger partial charge is 0.412 e. The van der Waals surface area contributed by atoms with Crippen LogP contribution in [0, 0.1) is 5.92 Å². The van der Waals surface area contributed by atoms with Crippen molar-refractivity contribution in [3.05, 3.63) is 108 Å². The zero-order valence-corrected chi connectivity index (χ0v) is 18.9. The Kier molecular flexibility index (Phi) is 7.12. The van der Waals surface area contributed by atoms with Crippen LogP contribution in [0.4, 0.5) is 13.2 Å². The summed E-state index contributed by atoms with van der Waals surface area (Å²) in [6.45, 7) is 3.68. The number of halogens is 3. The Morgan fingerprint density at radius 2 is 1.67 bits per heavy atom. The molecule has 4 heteroatoms. The quantitative estimate of drug-likeness (QED) is 0.257. The molecule has 4 rings (SSSR count). The number of rotatable bonds is 7. The fourth-order valence-corrected chi connectivity index (χ4v) is 4.56. The summed E-state index contributed by atoms with van der Waals surface area (Å²) in [5, 5.41) is 2.45. The van der Waals surface area contributed by atoms with Gasteiger partial charge in [0.15, 0.2) is 12.3 Å². The average Bonchev–Trinajstić information content (AvgIpc) is 2.83. The van der Waals surface area contributed by atoms with E-state index >= 15 is 0 Å². The van der Waals surface area contributed by atoms with Gasteiger partial charge in [0.1, 0.15) is 6.54 Å². The van der Waals surface area contributed by atoms with Crippen molar-refractivity contribution in [3.8, 4) is 0 Å². The highest BCUT2D eigenvalue weighted by atomic mass is 19.4. The average molecular weight is 449 g/mol. The number of hydrogen-bond acceptors (Lipinski definition) is 0. The van der Waals surface area contributed by atoms with Crippen molar-refractivity contribution in [1.29, 1.82) is 0 Å². The maximum Gasteiger partial charge on any atom is 0.412 e. The maximum absolute atomic E-state index is 13.1. The lowest BCUT2D eigenvalue weighted by Gasteiger charge is -2.20. The van der Waals surface area contributed by atoms with Crippen LogP contribution >= 0.6 is 0 Å². The molecule has 1 unspecified atom stereocenters. The van der Waals surface area contributed by atoms with Crippen molar-refractivity contribution in [2.75, 3.05) is 6.54 Å². The minimum Gasteiger partial charge on any atom is -0.229 e. The molecule has 3 aromatic carbocycles. The molecular weight excluding hydrogens is 419 g/mol. The van der Waals surface area contributed by atoms with E-state index in [0.29, 0.717) is 0 Å². The summed E-state index contributed by atoms with van der Waals surface area (Å²) in [7, 11) is 0. The van der Waals surface area contributed by atoms with Crippen molar-refractivity contribution in [2.45, 2.75) is 38.9 Å². The Bertz CT molecular complexity index is 1180. The van der Waals surface area contributed by atoms with Crippen molar-refractivity contribution in [1.82, 2.24) is 0 Å². The summed E-state index contributed by atoms with van der Waals surface area (Å²) >= 11 is 0. The number of fused-ring (bicyclic) bond motifs is 1. The van der Waals surface area contributed by atoms with Crippen molar-refractivity contribution >= 4 is 16.5 Å². The number of benzene rings is 3. The van der Waals surface area contributed by atoms with Crippen molar-refractivity contribution in [2.24, 2.45) is 5.92 Å². The van der Waals surface area contributed by atoms with E-state index in [4.69, 9.17) is 0 Å². The second-order valence-electron chi connectivity index (χ2n) is 8.69. The highest BCUT2D eigenvalue weighted by molar-refractivity contribution is 5.95. The van der Waals surface area contributed by atoms with Gasteiger partial charge < -0.3 is 0 Å². The number of alkyl halides is 3. The van der Waals surface area contributed by atoms with Crippen molar-refractivity contribution < 1.29 is 17.7 Å². The summed E-state index contributed by atoms with van der Waals surface area (Å²) < 4.78 is 41.7. The molecule has 3 aromatic rings. The Morgan fingerprint density at radius 1 is 0.939 bits per heavy atom. The fourth-order valence-electron chi connectivity index (χ4n) is 4.56. The van der Waals surface area contributed by atoms with Gasteiger partial charge in [-0.05, 0) is 41.7 Å². The lowest BCUT2D eigenvalue weighted by atomic mass is 9.90. The van der Waals surface area contributed by atoms with E-state index < -0.39 is 11.7 Å². The molecule has 0 N–H and O–H groups in total. The van der Waals surface area contributed by atoms with Crippen LogP contribution in [0.3, 0.4) is 0 Å². The topological polar surface area (TPSA) is 3.01 Å². The van der Waals surface area contributed by atoms with Gasteiger partial charge in [0.2, 0.25) is 0 Å². The van der Waals surface area contributed by atoms with Gasteiger partial charge in [-0.15, -0.1) is 0 Å². The smallest absolute Gasteiger partial charge is 0.229 e. The van der Waals surface area contributed by atoms with Gasteiger partial charge in [0.25, 0.3) is 0 Å². The third kappa shape index (κ3) is 5.81. The zero-order valence-electron chi connectivity index (χ0n) is 18.9. The molecule has 1 nitrogen and oxygen atoms in total. The molecule has 0 spiro atoms. The van der Waals surface area contributed by atoms with Crippen LogP contribution in [-0.2, 0) is 6.54 Å². The molecule has 33 heavy (non-hydrogen) atoms. The van der Waals surface area contributed by atoms with Gasteiger partial charge in [0, 0.05) is 30.0 Å². The Balaban J connectivity index is 1.53. The molecule has 0 heterocycles. The SMILES string of the molecule is CC(c1ccccc1)=[N+](CCCC1C=CC=C(C(F)(F)F)C1)Cc1cccc2ccccc12. The summed E-state index contributed by atoms with van der Waals surface area (Å²) in [5.74, 6) is -0.0666. The minimum absolute atomic E-state index is 0.0666. The van der Waals surface area contributed by atoms with E-state index in [1.54, 1.807) is 6.08 Å². The molecular formula is C29H29F3N+. The van der Waals surface area contributed by atoms with E-state index in [1.165, 1.54) is 28.1 Å². The van der Waals surface area contributed by atoms with Crippen LogP contribution in [0.5, 0.6) is 0 Å². The molecule has 1 atom stereocenters. The van der Waals surface area contributed by atoms with Gasteiger partial charge >= 0.3 is 6.18 Å². The van der Waals surface area contributed by atoms with Gasteiger partial charge in [0.05, 0.1) is 0 Å². The Morgan fingerprint density at radius 3 is 2.45 bits per heavy atom. The van der Waals surface area contributed by atoms with Gasteiger partial charge in [-0.2, -0.15) is 13.2 Å². The molecule has 0 saturated heterocycles. The second-order valence-corrected chi connectivity index (χ2v) is 8.69. The predicted molar refractivity (Wildman–Crippen MR) is 130 cm³/mol. The van der Waals surface area contributed by atoms with Gasteiger partial charge in [-0.1, -0.05) is 78.9 Å². The summed E-state index contributed by atoms with van der Waals surface area (Å²) in [6, 6.07) is 25.0. The normalized spacial score (nSPS) is 17.1. The molecule has 0 aromatic heterocycles. The van der Waals surface area contributed by atoms with Crippen molar-refractivity contribution in [3.63, 3.8) is 0 Å². The third-order valence-electron chi connectivity index (χ3n) is 6.44. The Labute approximate surface area is 193 Å². The second kappa shape index (κ2) is 10.2. The molecule has 0 fully saturated rings. The highest BCUT2D eigenvalue weighted by Gasteiger charge is 2.35. The first kappa shape index (κ1) is 23.0. The van der Waals surface area contributed by atoms with E-state index in [-0.39, 0.29) is 12.3 Å². The predicted octanol–water partition coefficient (Wildman–Crippen LogP) is 7.71. The van der Waals surface area contributed by atoms with Crippen LogP contribution in [0.25, 0.3) is 10.8 Å². The molecule has 1 aliphatic rings. The van der Waals surface area contributed by atoms with Crippen LogP contribution in [0.1, 0.15) is 37.3 Å². The van der Waals surface area contributed by atoms with Crippen LogP contribution in [0.2, 0.25) is 0 Å². The standard InChI is InChI=1S/C29H29F3N/c1-22(24-12-3-2-4-13-24)33(21-26-16-8-15-25-14-5-6-18-28(25)26)19-9-11-23-10-7-17-27(20-23)29(30,31)32/h2-8,10,12-18,23H,9,11,19-21H2,1H3/q+1.